The lowest BCUT2D eigenvalue weighted by molar-refractivity contribution is 0.0845. The maximum Gasteiger partial charge on any atom is 0.273 e. The number of nitrogens with zero attached hydrogens (tertiary/aromatic N) is 2. The van der Waals surface area contributed by atoms with Crippen LogP contribution in [0.2, 0.25) is 5.02 Å². The summed E-state index contributed by atoms with van der Waals surface area (Å²) in [6.07, 6.45) is 1.43. The number of aromatic nitrogens is 2. The lowest BCUT2D eigenvalue weighted by Crippen LogP contribution is -2.42. The number of carbonyl (C=O) groups is 2. The highest BCUT2D eigenvalue weighted by Gasteiger charge is 2.22. The van der Waals surface area contributed by atoms with E-state index in [0.717, 1.165) is 5.69 Å². The number of carbonyl (C=O) groups excluding carboxylic acids is 2. The molecule has 0 fully saturated rings. The average Bonchev–Trinajstić information content (AvgIpc) is 3.23. The van der Waals surface area contributed by atoms with E-state index in [1.165, 1.54) is 13.3 Å². The molecule has 3 aromatic rings. The van der Waals surface area contributed by atoms with Crippen LogP contribution in [-0.2, 0) is 0 Å². The summed E-state index contributed by atoms with van der Waals surface area (Å²) in [4.78, 5) is 25.5. The van der Waals surface area contributed by atoms with Gasteiger partial charge in [-0.25, -0.2) is 4.68 Å². The maximum absolute atomic E-state index is 12.9. The molecule has 1 aromatic heterocycles. The lowest BCUT2D eigenvalue weighted by Gasteiger charge is -2.15. The molecule has 0 radical (unpaired) electrons. The Morgan fingerprint density at radius 3 is 2.36 bits per heavy atom. The molecule has 0 unspecified atom stereocenters. The van der Waals surface area contributed by atoms with Gasteiger partial charge in [-0.05, 0) is 56.2 Å². The Labute approximate surface area is 197 Å². The largest absolute Gasteiger partial charge is 0.493 e. The Balaban J connectivity index is 1.76. The topological polar surface area (TPSA) is 94.5 Å². The van der Waals surface area contributed by atoms with Crippen molar-refractivity contribution < 1.29 is 19.1 Å². The molecular weight excluding hydrogens is 444 g/mol. The fourth-order valence-electron chi connectivity index (χ4n) is 3.32. The van der Waals surface area contributed by atoms with Gasteiger partial charge in [-0.1, -0.05) is 31.5 Å². The summed E-state index contributed by atoms with van der Waals surface area (Å²) in [6, 6.07) is 12.0. The summed E-state index contributed by atoms with van der Waals surface area (Å²) >= 11 is 6.11. The smallest absolute Gasteiger partial charge is 0.273 e. The summed E-state index contributed by atoms with van der Waals surface area (Å²) in [5.74, 6) is -0.0329. The predicted octanol–water partition coefficient (Wildman–Crippen LogP) is 4.52. The number of nitrogens with one attached hydrogen (secondary N) is 2. The molecule has 2 N–H and O–H groups in total. The summed E-state index contributed by atoms with van der Waals surface area (Å²) in [5.41, 5.74) is 7.00. The van der Waals surface area contributed by atoms with Crippen molar-refractivity contribution in [2.45, 2.75) is 39.7 Å². The minimum Gasteiger partial charge on any atom is -0.493 e. The third-order valence-electron chi connectivity index (χ3n) is 4.73. The number of benzene rings is 2. The second kappa shape index (κ2) is 10.4. The van der Waals surface area contributed by atoms with E-state index in [1.807, 2.05) is 39.8 Å². The highest BCUT2D eigenvalue weighted by atomic mass is 35.5. The first kappa shape index (κ1) is 24.1. The van der Waals surface area contributed by atoms with E-state index in [2.05, 4.69) is 16.0 Å². The minimum absolute atomic E-state index is 0.0132. The Morgan fingerprint density at radius 1 is 1.00 bits per heavy atom. The first-order valence-electron chi connectivity index (χ1n) is 10.5. The Morgan fingerprint density at radius 2 is 1.73 bits per heavy atom. The number of rotatable bonds is 7. The highest BCUT2D eigenvalue weighted by molar-refractivity contribution is 6.30. The van der Waals surface area contributed by atoms with Crippen LogP contribution < -0.4 is 20.3 Å². The van der Waals surface area contributed by atoms with E-state index in [4.69, 9.17) is 21.1 Å². The fraction of sp³-hybridized carbons (Fsp3) is 0.292. The number of ether oxygens (including phenoxy) is 2. The molecule has 0 spiro atoms. The molecule has 0 atom stereocenters. The van der Waals surface area contributed by atoms with Crippen molar-refractivity contribution in [2.75, 3.05) is 7.11 Å². The normalized spacial score (nSPS) is 10.9. The first-order valence-corrected chi connectivity index (χ1v) is 10.9. The van der Waals surface area contributed by atoms with Crippen molar-refractivity contribution in [1.29, 1.82) is 0 Å². The van der Waals surface area contributed by atoms with Gasteiger partial charge in [0.1, 0.15) is 0 Å². The van der Waals surface area contributed by atoms with Crippen LogP contribution in [0.3, 0.4) is 0 Å². The van der Waals surface area contributed by atoms with Crippen LogP contribution in [0.25, 0.3) is 5.69 Å². The predicted molar refractivity (Wildman–Crippen MR) is 126 cm³/mol. The second-order valence-corrected chi connectivity index (χ2v) is 8.37. The zero-order valence-electron chi connectivity index (χ0n) is 19.2. The Kier molecular flexibility index (Phi) is 7.60. The summed E-state index contributed by atoms with van der Waals surface area (Å²) in [6.45, 7) is 7.71. The van der Waals surface area contributed by atoms with Crippen molar-refractivity contribution in [3.05, 3.63) is 70.5 Å². The number of hydrazine groups is 1. The van der Waals surface area contributed by atoms with E-state index >= 15 is 0 Å². The van der Waals surface area contributed by atoms with Gasteiger partial charge in [-0.3, -0.25) is 20.4 Å². The lowest BCUT2D eigenvalue weighted by atomic mass is 10.1. The SMILES string of the molecule is COc1cc(C(=O)NNC(=O)c2cnn(-c3cccc(Cl)c3)c2C(C)C)ccc1OC(C)C. The summed E-state index contributed by atoms with van der Waals surface area (Å²) in [5, 5.41) is 4.93. The molecule has 3 rings (SSSR count). The fourth-order valence-corrected chi connectivity index (χ4v) is 3.50. The molecule has 1 heterocycles. The molecule has 2 amide bonds. The zero-order chi connectivity index (χ0) is 24.1. The van der Waals surface area contributed by atoms with Crippen molar-refractivity contribution in [2.24, 2.45) is 0 Å². The van der Waals surface area contributed by atoms with Gasteiger partial charge >= 0.3 is 0 Å². The molecule has 174 valence electrons. The number of hydrogen-bond donors (Lipinski definition) is 2. The molecule has 8 nitrogen and oxygen atoms in total. The average molecular weight is 471 g/mol. The van der Waals surface area contributed by atoms with Gasteiger partial charge in [0.2, 0.25) is 0 Å². The molecule has 0 aliphatic heterocycles. The number of halogens is 1. The Bertz CT molecular complexity index is 1160. The standard InChI is InChI=1S/C24H27ClN4O4/c1-14(2)22-19(13-26-29(22)18-8-6-7-17(25)12-18)24(31)28-27-23(30)16-9-10-20(33-15(3)4)21(11-16)32-5/h6-15H,1-5H3,(H,27,30)(H,28,31). The van der Waals surface area contributed by atoms with E-state index < -0.39 is 11.8 Å². The second-order valence-electron chi connectivity index (χ2n) is 7.93. The van der Waals surface area contributed by atoms with Crippen molar-refractivity contribution in [3.8, 4) is 17.2 Å². The van der Waals surface area contributed by atoms with Gasteiger partial charge < -0.3 is 9.47 Å². The maximum atomic E-state index is 12.9. The quantitative estimate of drug-likeness (QED) is 0.495. The molecule has 0 saturated carbocycles. The molecule has 9 heteroatoms. The summed E-state index contributed by atoms with van der Waals surface area (Å²) in [7, 11) is 1.50. The van der Waals surface area contributed by atoms with Gasteiger partial charge in [-0.15, -0.1) is 0 Å². The third-order valence-corrected chi connectivity index (χ3v) is 4.96. The Hall–Kier alpha value is -3.52. The molecule has 0 bridgehead atoms. The van der Waals surface area contributed by atoms with Crippen LogP contribution in [0.5, 0.6) is 11.5 Å². The highest BCUT2D eigenvalue weighted by Crippen LogP contribution is 2.29. The monoisotopic (exact) mass is 470 g/mol. The van der Waals surface area contributed by atoms with Gasteiger partial charge in [0, 0.05) is 10.6 Å². The number of methoxy groups -OCH3 is 1. The zero-order valence-corrected chi connectivity index (χ0v) is 19.9. The van der Waals surface area contributed by atoms with Crippen molar-refractivity contribution in [1.82, 2.24) is 20.6 Å². The van der Waals surface area contributed by atoms with Gasteiger partial charge in [-0.2, -0.15) is 5.10 Å². The summed E-state index contributed by atoms with van der Waals surface area (Å²) < 4.78 is 12.7. The molecule has 2 aromatic carbocycles. The number of amides is 2. The van der Waals surface area contributed by atoms with Crippen molar-refractivity contribution in [3.63, 3.8) is 0 Å². The van der Waals surface area contributed by atoms with E-state index in [9.17, 15) is 9.59 Å². The van der Waals surface area contributed by atoms with Gasteiger partial charge in [0.25, 0.3) is 11.8 Å². The van der Waals surface area contributed by atoms with Crippen LogP contribution in [0.1, 0.15) is 60.0 Å². The molecule has 0 aliphatic rings. The third kappa shape index (κ3) is 5.64. The first-order chi connectivity index (χ1) is 15.7. The van der Waals surface area contributed by atoms with Crippen LogP contribution in [0.4, 0.5) is 0 Å². The van der Waals surface area contributed by atoms with Crippen LogP contribution in [0, 0.1) is 0 Å². The van der Waals surface area contributed by atoms with Gasteiger partial charge in [0.15, 0.2) is 11.5 Å². The molecular formula is C24H27ClN4O4. The van der Waals surface area contributed by atoms with Crippen LogP contribution in [-0.4, -0.2) is 34.8 Å². The van der Waals surface area contributed by atoms with Crippen molar-refractivity contribution >= 4 is 23.4 Å². The molecule has 0 saturated heterocycles. The number of hydrogen-bond acceptors (Lipinski definition) is 5. The minimum atomic E-state index is -0.494. The van der Waals surface area contributed by atoms with Crippen LogP contribution >= 0.6 is 11.6 Å². The van der Waals surface area contributed by atoms with E-state index in [-0.39, 0.29) is 12.0 Å². The van der Waals surface area contributed by atoms with E-state index in [1.54, 1.807) is 35.0 Å². The van der Waals surface area contributed by atoms with E-state index in [0.29, 0.717) is 33.3 Å². The van der Waals surface area contributed by atoms with Gasteiger partial charge in [0.05, 0.1) is 36.4 Å². The van der Waals surface area contributed by atoms with Crippen LogP contribution in [0.15, 0.2) is 48.7 Å². The molecule has 0 aliphatic carbocycles. The molecule has 33 heavy (non-hydrogen) atoms.